The van der Waals surface area contributed by atoms with E-state index in [1.54, 1.807) is 30.1 Å². The van der Waals surface area contributed by atoms with Crippen LogP contribution in [0.4, 0.5) is 4.79 Å². The summed E-state index contributed by atoms with van der Waals surface area (Å²) in [5.74, 6) is -0.828. The molecule has 1 aliphatic heterocycles. The molecule has 0 bridgehead atoms. The summed E-state index contributed by atoms with van der Waals surface area (Å²) in [7, 11) is 0. The predicted molar refractivity (Wildman–Crippen MR) is 63.7 cm³/mol. The summed E-state index contributed by atoms with van der Waals surface area (Å²) in [4.78, 5) is 37.0. The van der Waals surface area contributed by atoms with Crippen molar-refractivity contribution in [1.29, 1.82) is 0 Å². The van der Waals surface area contributed by atoms with Crippen LogP contribution in [0, 0.1) is 5.41 Å². The molecule has 19 heavy (non-hydrogen) atoms. The molecule has 7 nitrogen and oxygen atoms in total. The number of imide groups is 2. The molecule has 0 aromatic carbocycles. The van der Waals surface area contributed by atoms with Crippen LogP contribution < -0.4 is 5.32 Å². The lowest BCUT2D eigenvalue weighted by molar-refractivity contribution is -0.146. The number of hydrogen-bond donors (Lipinski definition) is 1. The molecular formula is C12H14N4O3. The van der Waals surface area contributed by atoms with Crippen LogP contribution in [0.2, 0.25) is 0 Å². The Bertz CT molecular complexity index is 547. The molecule has 0 radical (unpaired) electrons. The number of nitrogens with one attached hydrogen (secondary N) is 1. The van der Waals surface area contributed by atoms with Gasteiger partial charge in [0.15, 0.2) is 0 Å². The average Bonchev–Trinajstić information content (AvgIpc) is 3.01. The van der Waals surface area contributed by atoms with E-state index in [1.807, 2.05) is 0 Å². The molecule has 1 aliphatic carbocycles. The fourth-order valence-corrected chi connectivity index (χ4v) is 2.42. The van der Waals surface area contributed by atoms with Gasteiger partial charge in [-0.1, -0.05) is 0 Å². The van der Waals surface area contributed by atoms with Crippen molar-refractivity contribution in [3.63, 3.8) is 0 Å². The largest absolute Gasteiger partial charge is 0.331 e. The van der Waals surface area contributed by atoms with E-state index in [4.69, 9.17) is 0 Å². The molecule has 1 spiro atoms. The smallest absolute Gasteiger partial charge is 0.277 e. The molecule has 3 rings (SSSR count). The topological polar surface area (TPSA) is 84.3 Å². The summed E-state index contributed by atoms with van der Waals surface area (Å²) < 4.78 is 1.65. The fraction of sp³-hybridized carbons (Fsp3) is 0.500. The molecule has 7 heteroatoms. The molecule has 1 atom stereocenters. The van der Waals surface area contributed by atoms with Crippen LogP contribution in [0.3, 0.4) is 0 Å². The molecule has 1 unspecified atom stereocenters. The SMILES string of the molecule is CC(Cn1cccn1)N1C(=O)NC(=O)C2(CC2)C1=O. The van der Waals surface area contributed by atoms with Gasteiger partial charge in [-0.3, -0.25) is 24.5 Å². The number of urea groups is 1. The number of nitrogens with zero attached hydrogens (tertiary/aromatic N) is 3. The zero-order chi connectivity index (χ0) is 13.6. The number of aromatic nitrogens is 2. The van der Waals surface area contributed by atoms with Crippen LogP contribution in [-0.2, 0) is 16.1 Å². The van der Waals surface area contributed by atoms with E-state index < -0.39 is 17.4 Å². The van der Waals surface area contributed by atoms with Gasteiger partial charge in [-0.2, -0.15) is 5.10 Å². The highest BCUT2D eigenvalue weighted by atomic mass is 16.2. The van der Waals surface area contributed by atoms with Gasteiger partial charge in [0, 0.05) is 12.4 Å². The van der Waals surface area contributed by atoms with E-state index in [0.29, 0.717) is 19.4 Å². The van der Waals surface area contributed by atoms with Crippen molar-refractivity contribution in [1.82, 2.24) is 20.0 Å². The maximum atomic E-state index is 12.3. The van der Waals surface area contributed by atoms with Crippen molar-refractivity contribution in [3.8, 4) is 0 Å². The summed E-state index contributed by atoms with van der Waals surface area (Å²) >= 11 is 0. The normalized spacial score (nSPS) is 22.6. The Labute approximate surface area is 109 Å². The molecule has 2 aliphatic rings. The van der Waals surface area contributed by atoms with Crippen molar-refractivity contribution in [2.24, 2.45) is 5.41 Å². The van der Waals surface area contributed by atoms with Gasteiger partial charge in [-0.05, 0) is 25.8 Å². The first-order valence-corrected chi connectivity index (χ1v) is 6.21. The van der Waals surface area contributed by atoms with E-state index in [2.05, 4.69) is 10.4 Å². The summed E-state index contributed by atoms with van der Waals surface area (Å²) in [6, 6.07) is 0.793. The molecule has 4 amide bonds. The second-order valence-electron chi connectivity index (χ2n) is 5.09. The highest BCUT2D eigenvalue weighted by molar-refractivity contribution is 6.21. The maximum Gasteiger partial charge on any atom is 0.331 e. The summed E-state index contributed by atoms with van der Waals surface area (Å²) in [5.41, 5.74) is -0.980. The zero-order valence-electron chi connectivity index (χ0n) is 10.5. The lowest BCUT2D eigenvalue weighted by Crippen LogP contribution is -2.62. The number of barbiturate groups is 1. The second-order valence-corrected chi connectivity index (χ2v) is 5.09. The van der Waals surface area contributed by atoms with E-state index in [1.165, 1.54) is 0 Å². The van der Waals surface area contributed by atoms with E-state index in [9.17, 15) is 14.4 Å². The van der Waals surface area contributed by atoms with Crippen LogP contribution in [-0.4, -0.2) is 38.6 Å². The highest BCUT2D eigenvalue weighted by Gasteiger charge is 2.62. The highest BCUT2D eigenvalue weighted by Crippen LogP contribution is 2.49. The molecule has 2 heterocycles. The zero-order valence-corrected chi connectivity index (χ0v) is 10.5. The van der Waals surface area contributed by atoms with E-state index in [-0.39, 0.29) is 11.9 Å². The van der Waals surface area contributed by atoms with Crippen molar-refractivity contribution in [2.45, 2.75) is 32.4 Å². The van der Waals surface area contributed by atoms with E-state index >= 15 is 0 Å². The van der Waals surface area contributed by atoms with Crippen LogP contribution in [0.25, 0.3) is 0 Å². The monoisotopic (exact) mass is 262 g/mol. The Hall–Kier alpha value is -2.18. The molecule has 1 aromatic heterocycles. The minimum atomic E-state index is -0.980. The van der Waals surface area contributed by atoms with Crippen LogP contribution in [0.1, 0.15) is 19.8 Å². The summed E-state index contributed by atoms with van der Waals surface area (Å²) in [6.45, 7) is 2.18. The molecule has 2 fully saturated rings. The average molecular weight is 262 g/mol. The van der Waals surface area contributed by atoms with Gasteiger partial charge in [-0.15, -0.1) is 0 Å². The minimum Gasteiger partial charge on any atom is -0.277 e. The van der Waals surface area contributed by atoms with Crippen LogP contribution in [0.5, 0.6) is 0 Å². The van der Waals surface area contributed by atoms with Crippen molar-refractivity contribution in [2.75, 3.05) is 0 Å². The summed E-state index contributed by atoms with van der Waals surface area (Å²) in [5, 5.41) is 6.32. The quantitative estimate of drug-likeness (QED) is 0.785. The first kappa shape index (κ1) is 11.9. The maximum absolute atomic E-state index is 12.3. The molecule has 1 saturated heterocycles. The third-order valence-electron chi connectivity index (χ3n) is 3.70. The van der Waals surface area contributed by atoms with Crippen LogP contribution in [0.15, 0.2) is 18.5 Å². The first-order valence-electron chi connectivity index (χ1n) is 6.21. The van der Waals surface area contributed by atoms with Crippen molar-refractivity contribution >= 4 is 17.8 Å². The van der Waals surface area contributed by atoms with Gasteiger partial charge in [0.2, 0.25) is 11.8 Å². The number of amides is 4. The molecule has 1 N–H and O–H groups in total. The van der Waals surface area contributed by atoms with Crippen LogP contribution >= 0.6 is 0 Å². The lowest BCUT2D eigenvalue weighted by atomic mass is 10.0. The minimum absolute atomic E-state index is 0.349. The Balaban J connectivity index is 1.81. The first-order chi connectivity index (χ1) is 9.04. The van der Waals surface area contributed by atoms with Gasteiger partial charge >= 0.3 is 6.03 Å². The predicted octanol–water partition coefficient (Wildman–Crippen LogP) is 0.130. The van der Waals surface area contributed by atoms with E-state index in [0.717, 1.165) is 4.90 Å². The third-order valence-corrected chi connectivity index (χ3v) is 3.70. The van der Waals surface area contributed by atoms with Gasteiger partial charge in [-0.25, -0.2) is 4.79 Å². The fourth-order valence-electron chi connectivity index (χ4n) is 2.42. The third kappa shape index (κ3) is 1.73. The van der Waals surface area contributed by atoms with Gasteiger partial charge in [0.05, 0.1) is 12.6 Å². The van der Waals surface area contributed by atoms with Crippen molar-refractivity contribution < 1.29 is 14.4 Å². The molecular weight excluding hydrogens is 248 g/mol. The standard InChI is InChI=1S/C12H14N4O3/c1-8(7-15-6-2-5-13-15)16-10(18)12(3-4-12)9(17)14-11(16)19/h2,5-6,8H,3-4,7H2,1H3,(H,14,17,19). The Morgan fingerprint density at radius 1 is 1.42 bits per heavy atom. The van der Waals surface area contributed by atoms with Gasteiger partial charge in [0.25, 0.3) is 0 Å². The molecule has 1 aromatic rings. The summed E-state index contributed by atoms with van der Waals surface area (Å²) in [6.07, 6.45) is 4.45. The Morgan fingerprint density at radius 2 is 2.16 bits per heavy atom. The molecule has 100 valence electrons. The lowest BCUT2D eigenvalue weighted by Gasteiger charge is -2.34. The number of hydrogen-bond acceptors (Lipinski definition) is 4. The molecule has 1 saturated carbocycles. The second kappa shape index (κ2) is 3.91. The number of carbonyl (C=O) groups is 3. The van der Waals surface area contributed by atoms with Gasteiger partial charge in [0.1, 0.15) is 5.41 Å². The number of rotatable bonds is 3. The van der Waals surface area contributed by atoms with Crippen molar-refractivity contribution in [3.05, 3.63) is 18.5 Å². The number of carbonyl (C=O) groups excluding carboxylic acids is 3. The Kier molecular flexibility index (Phi) is 2.44. The Morgan fingerprint density at radius 3 is 2.74 bits per heavy atom. The van der Waals surface area contributed by atoms with Gasteiger partial charge < -0.3 is 0 Å².